The number of carbonyl (C=O) groups is 1. The highest BCUT2D eigenvalue weighted by atomic mass is 35.5. The van der Waals surface area contributed by atoms with E-state index in [0.29, 0.717) is 16.4 Å². The second-order valence-electron chi connectivity index (χ2n) is 3.04. The zero-order valence-electron chi connectivity index (χ0n) is 8.07. The molecule has 0 spiro atoms. The van der Waals surface area contributed by atoms with Gasteiger partial charge in [0.2, 0.25) is 5.76 Å². The maximum absolute atomic E-state index is 10.8. The van der Waals surface area contributed by atoms with Gasteiger partial charge in [-0.15, -0.1) is 11.3 Å². The van der Waals surface area contributed by atoms with E-state index in [2.05, 4.69) is 5.32 Å². The fraction of sp³-hybridized carbons (Fsp3) is 0.100. The minimum atomic E-state index is -1.06. The predicted molar refractivity (Wildman–Crippen MR) is 62.3 cm³/mol. The molecule has 0 atom stereocenters. The maximum Gasteiger partial charge on any atom is 0.372 e. The predicted octanol–water partition coefficient (Wildman–Crippen LogP) is 3.30. The first-order valence-electron chi connectivity index (χ1n) is 4.45. The first-order valence-corrected chi connectivity index (χ1v) is 5.65. The van der Waals surface area contributed by atoms with Gasteiger partial charge in [-0.3, -0.25) is 0 Å². The average Bonchev–Trinajstić information content (AvgIpc) is 2.83. The summed E-state index contributed by atoms with van der Waals surface area (Å²) in [7, 11) is 0. The number of carboxylic acid groups (broad SMARTS) is 1. The summed E-state index contributed by atoms with van der Waals surface area (Å²) in [6, 6.07) is 5.25. The van der Waals surface area contributed by atoms with E-state index >= 15 is 0 Å². The number of halogens is 1. The number of aromatic carboxylic acids is 1. The second kappa shape index (κ2) is 4.59. The van der Waals surface area contributed by atoms with Crippen molar-refractivity contribution in [3.63, 3.8) is 0 Å². The topological polar surface area (TPSA) is 62.5 Å². The van der Waals surface area contributed by atoms with Crippen LogP contribution in [0.3, 0.4) is 0 Å². The van der Waals surface area contributed by atoms with E-state index in [1.807, 2.05) is 6.07 Å². The van der Waals surface area contributed by atoms with Crippen LogP contribution in [-0.2, 0) is 6.54 Å². The van der Waals surface area contributed by atoms with Crippen molar-refractivity contribution in [3.8, 4) is 0 Å². The van der Waals surface area contributed by atoms with Gasteiger partial charge >= 0.3 is 5.97 Å². The summed E-state index contributed by atoms with van der Waals surface area (Å²) in [5.41, 5.74) is 0.608. The van der Waals surface area contributed by atoms with Crippen molar-refractivity contribution in [2.24, 2.45) is 0 Å². The van der Waals surface area contributed by atoms with Crippen LogP contribution >= 0.6 is 22.9 Å². The van der Waals surface area contributed by atoms with E-state index in [9.17, 15) is 4.79 Å². The average molecular weight is 258 g/mol. The lowest BCUT2D eigenvalue weighted by Crippen LogP contribution is -2.03. The molecule has 0 amide bonds. The van der Waals surface area contributed by atoms with E-state index < -0.39 is 5.97 Å². The summed E-state index contributed by atoms with van der Waals surface area (Å²) in [5, 5.41) is 12.8. The quantitative estimate of drug-likeness (QED) is 0.882. The van der Waals surface area contributed by atoms with Crippen LogP contribution in [0.25, 0.3) is 0 Å². The van der Waals surface area contributed by atoms with E-state index in [1.165, 1.54) is 17.6 Å². The largest absolute Gasteiger partial charge is 0.475 e. The number of furan rings is 1. The Balaban J connectivity index is 2.04. The number of hydrogen-bond donors (Lipinski definition) is 2. The normalized spacial score (nSPS) is 10.3. The molecule has 0 saturated carbocycles. The molecule has 2 heterocycles. The molecule has 4 nitrogen and oxygen atoms in total. The molecule has 2 aromatic heterocycles. The Morgan fingerprint density at radius 2 is 2.31 bits per heavy atom. The van der Waals surface area contributed by atoms with Gasteiger partial charge in [0.15, 0.2) is 0 Å². The molecular weight excluding hydrogens is 250 g/mol. The zero-order valence-corrected chi connectivity index (χ0v) is 9.64. The molecule has 0 aliphatic heterocycles. The van der Waals surface area contributed by atoms with Crippen LogP contribution < -0.4 is 5.32 Å². The number of nitrogens with one attached hydrogen (secondary N) is 1. The summed E-state index contributed by atoms with van der Waals surface area (Å²) in [6.45, 7) is 0.398. The third kappa shape index (κ3) is 2.37. The van der Waals surface area contributed by atoms with Crippen LogP contribution in [-0.4, -0.2) is 11.1 Å². The van der Waals surface area contributed by atoms with Crippen molar-refractivity contribution in [1.82, 2.24) is 0 Å². The lowest BCUT2D eigenvalue weighted by atomic mass is 10.2. The van der Waals surface area contributed by atoms with E-state index in [1.54, 1.807) is 12.1 Å². The third-order valence-corrected chi connectivity index (χ3v) is 3.16. The number of carboxylic acids is 1. The van der Waals surface area contributed by atoms with Crippen molar-refractivity contribution in [2.75, 3.05) is 5.32 Å². The molecule has 2 aromatic rings. The molecule has 84 valence electrons. The number of anilines is 1. The van der Waals surface area contributed by atoms with Gasteiger partial charge < -0.3 is 14.8 Å². The Kier molecular flexibility index (Phi) is 3.17. The minimum absolute atomic E-state index is 0.0323. The molecule has 2 rings (SSSR count). The number of hydrogen-bond acceptors (Lipinski definition) is 4. The first-order chi connectivity index (χ1) is 7.66. The molecule has 6 heteroatoms. The SMILES string of the molecule is O=C(O)c1occc1CNc1ccc(Cl)s1. The van der Waals surface area contributed by atoms with Crippen molar-refractivity contribution in [1.29, 1.82) is 0 Å². The lowest BCUT2D eigenvalue weighted by molar-refractivity contribution is 0.0661. The molecule has 0 aromatic carbocycles. The van der Waals surface area contributed by atoms with Crippen LogP contribution in [0.15, 0.2) is 28.9 Å². The summed E-state index contributed by atoms with van der Waals surface area (Å²) >= 11 is 7.17. The summed E-state index contributed by atoms with van der Waals surface area (Å²) in [6.07, 6.45) is 1.36. The van der Waals surface area contributed by atoms with Gasteiger partial charge in [0.05, 0.1) is 15.6 Å². The minimum Gasteiger partial charge on any atom is -0.475 e. The van der Waals surface area contributed by atoms with Crippen LogP contribution in [0.4, 0.5) is 5.00 Å². The van der Waals surface area contributed by atoms with E-state index in [0.717, 1.165) is 5.00 Å². The highest BCUT2D eigenvalue weighted by molar-refractivity contribution is 7.19. The van der Waals surface area contributed by atoms with Crippen LogP contribution in [0.1, 0.15) is 16.1 Å². The molecule has 0 aliphatic rings. The van der Waals surface area contributed by atoms with Gasteiger partial charge in [-0.2, -0.15) is 0 Å². The van der Waals surface area contributed by atoms with Gasteiger partial charge in [-0.25, -0.2) is 4.79 Å². The van der Waals surface area contributed by atoms with Gasteiger partial charge in [0.1, 0.15) is 0 Å². The first kappa shape index (κ1) is 11.0. The molecule has 16 heavy (non-hydrogen) atoms. The Bertz CT molecular complexity index is 506. The molecular formula is C10H8ClNO3S. The fourth-order valence-electron chi connectivity index (χ4n) is 1.25. The van der Waals surface area contributed by atoms with Gasteiger partial charge in [0, 0.05) is 12.1 Å². The molecule has 2 N–H and O–H groups in total. The van der Waals surface area contributed by atoms with Crippen LogP contribution in [0, 0.1) is 0 Å². The monoisotopic (exact) mass is 257 g/mol. The molecule has 0 aliphatic carbocycles. The smallest absolute Gasteiger partial charge is 0.372 e. The molecule has 0 fully saturated rings. The van der Waals surface area contributed by atoms with Gasteiger partial charge in [0.25, 0.3) is 0 Å². The Morgan fingerprint density at radius 3 is 2.94 bits per heavy atom. The van der Waals surface area contributed by atoms with Crippen molar-refractivity contribution in [2.45, 2.75) is 6.54 Å². The molecule has 0 radical (unpaired) electrons. The van der Waals surface area contributed by atoms with Crippen molar-refractivity contribution in [3.05, 3.63) is 40.1 Å². The Labute approximate surface area is 100 Å². The van der Waals surface area contributed by atoms with Crippen LogP contribution in [0.2, 0.25) is 4.34 Å². The lowest BCUT2D eigenvalue weighted by Gasteiger charge is -2.01. The van der Waals surface area contributed by atoms with E-state index in [-0.39, 0.29) is 5.76 Å². The summed E-state index contributed by atoms with van der Waals surface area (Å²) < 4.78 is 5.55. The van der Waals surface area contributed by atoms with Gasteiger partial charge in [-0.05, 0) is 18.2 Å². The standard InChI is InChI=1S/C10H8ClNO3S/c11-7-1-2-8(16-7)12-5-6-3-4-15-9(6)10(13)14/h1-4,12H,5H2,(H,13,14). The van der Waals surface area contributed by atoms with Gasteiger partial charge in [-0.1, -0.05) is 11.6 Å². The summed E-state index contributed by atoms with van der Waals surface area (Å²) in [5.74, 6) is -1.10. The van der Waals surface area contributed by atoms with Crippen LogP contribution in [0.5, 0.6) is 0 Å². The highest BCUT2D eigenvalue weighted by Gasteiger charge is 2.13. The molecule has 0 unspecified atom stereocenters. The third-order valence-electron chi connectivity index (χ3n) is 1.97. The molecule has 0 bridgehead atoms. The number of rotatable bonds is 4. The Hall–Kier alpha value is -1.46. The number of thiophene rings is 1. The summed E-state index contributed by atoms with van der Waals surface area (Å²) in [4.78, 5) is 10.8. The second-order valence-corrected chi connectivity index (χ2v) is 4.75. The highest BCUT2D eigenvalue weighted by Crippen LogP contribution is 2.26. The Morgan fingerprint density at radius 1 is 1.50 bits per heavy atom. The van der Waals surface area contributed by atoms with E-state index in [4.69, 9.17) is 21.1 Å². The maximum atomic E-state index is 10.8. The van der Waals surface area contributed by atoms with Crippen molar-refractivity contribution < 1.29 is 14.3 Å². The fourth-order valence-corrected chi connectivity index (χ4v) is 2.19. The van der Waals surface area contributed by atoms with Crippen molar-refractivity contribution >= 4 is 33.9 Å². The zero-order chi connectivity index (χ0) is 11.5. The molecule has 0 saturated heterocycles.